The lowest BCUT2D eigenvalue weighted by molar-refractivity contribution is -0.113. The van der Waals surface area contributed by atoms with E-state index in [1.54, 1.807) is 19.2 Å². The van der Waals surface area contributed by atoms with Gasteiger partial charge in [-0.2, -0.15) is 0 Å². The zero-order chi connectivity index (χ0) is 21.3. The molecule has 7 nitrogen and oxygen atoms in total. The summed E-state index contributed by atoms with van der Waals surface area (Å²) in [6, 6.07) is 3.17. The van der Waals surface area contributed by atoms with Crippen LogP contribution < -0.4 is 20.3 Å². The van der Waals surface area contributed by atoms with E-state index >= 15 is 0 Å². The highest BCUT2D eigenvalue weighted by atomic mass is 35.5. The minimum Gasteiger partial charge on any atom is -0.495 e. The Kier molecular flexibility index (Phi) is 6.40. The molecule has 1 amide bonds. The Labute approximate surface area is 181 Å². The van der Waals surface area contributed by atoms with E-state index in [0.717, 1.165) is 10.4 Å². The van der Waals surface area contributed by atoms with Gasteiger partial charge in [0.2, 0.25) is 5.91 Å². The molecule has 0 unspecified atom stereocenters. The minimum absolute atomic E-state index is 0.0714. The van der Waals surface area contributed by atoms with Gasteiger partial charge < -0.3 is 14.8 Å². The van der Waals surface area contributed by atoms with Crippen molar-refractivity contribution in [3.05, 3.63) is 37.9 Å². The van der Waals surface area contributed by atoms with Gasteiger partial charge in [0.05, 0.1) is 36.1 Å². The number of carbonyl (C=O) groups is 1. The van der Waals surface area contributed by atoms with Crippen LogP contribution in [0.4, 0.5) is 5.69 Å². The number of anilines is 1. The molecule has 29 heavy (non-hydrogen) atoms. The average molecular weight is 454 g/mol. The summed E-state index contributed by atoms with van der Waals surface area (Å²) in [6.45, 7) is 3.89. The molecular formula is C19H20ClN3O4S2. The van der Waals surface area contributed by atoms with Gasteiger partial charge in [-0.05, 0) is 25.5 Å². The van der Waals surface area contributed by atoms with Crippen LogP contribution in [0.5, 0.6) is 11.5 Å². The van der Waals surface area contributed by atoms with E-state index in [-0.39, 0.29) is 17.2 Å². The second kappa shape index (κ2) is 8.64. The van der Waals surface area contributed by atoms with Gasteiger partial charge in [0.15, 0.2) is 5.16 Å². The number of amides is 1. The molecule has 0 spiro atoms. The highest BCUT2D eigenvalue weighted by Crippen LogP contribution is 2.36. The first-order valence-electron chi connectivity index (χ1n) is 8.57. The Bertz CT molecular complexity index is 1160. The zero-order valence-corrected chi connectivity index (χ0v) is 19.0. The lowest BCUT2D eigenvalue weighted by Gasteiger charge is -2.13. The molecular weight excluding hydrogens is 434 g/mol. The van der Waals surface area contributed by atoms with Crippen molar-refractivity contribution in [1.82, 2.24) is 9.55 Å². The molecule has 0 aliphatic rings. The smallest absolute Gasteiger partial charge is 0.262 e. The molecule has 3 rings (SSSR count). The Balaban J connectivity index is 1.79. The van der Waals surface area contributed by atoms with E-state index in [2.05, 4.69) is 10.3 Å². The van der Waals surface area contributed by atoms with E-state index in [9.17, 15) is 9.59 Å². The summed E-state index contributed by atoms with van der Waals surface area (Å²) in [6.07, 6.45) is 0. The van der Waals surface area contributed by atoms with E-state index < -0.39 is 0 Å². The second-order valence-electron chi connectivity index (χ2n) is 6.25. The number of thioether (sulfide) groups is 1. The maximum absolute atomic E-state index is 12.7. The van der Waals surface area contributed by atoms with Crippen LogP contribution in [0.3, 0.4) is 0 Å². The van der Waals surface area contributed by atoms with Crippen LogP contribution in [0.25, 0.3) is 10.2 Å². The quantitative estimate of drug-likeness (QED) is 0.448. The molecule has 0 saturated heterocycles. The summed E-state index contributed by atoms with van der Waals surface area (Å²) in [7, 11) is 4.65. The molecule has 154 valence electrons. The third kappa shape index (κ3) is 4.22. The number of fused-ring (bicyclic) bond motifs is 1. The highest BCUT2D eigenvalue weighted by Gasteiger charge is 2.17. The number of halogens is 1. The first-order valence-corrected chi connectivity index (χ1v) is 10.8. The lowest BCUT2D eigenvalue weighted by Crippen LogP contribution is -2.21. The van der Waals surface area contributed by atoms with Gasteiger partial charge in [0, 0.05) is 18.0 Å². The van der Waals surface area contributed by atoms with Crippen molar-refractivity contribution in [2.75, 3.05) is 25.3 Å². The standard InChI is InChI=1S/C19H20ClN3O4S2/c1-9-10(2)29-17-16(9)18(25)23(3)19(22-17)28-8-15(24)21-12-6-11(20)13(26-4)7-14(12)27-5/h6-7H,8H2,1-5H3,(H,21,24). The van der Waals surface area contributed by atoms with Gasteiger partial charge in [-0.15, -0.1) is 11.3 Å². The number of methoxy groups -OCH3 is 2. The summed E-state index contributed by atoms with van der Waals surface area (Å²) in [5.74, 6) is 0.676. The van der Waals surface area contributed by atoms with Crippen molar-refractivity contribution >= 4 is 56.5 Å². The number of carbonyl (C=O) groups excluding carboxylic acids is 1. The Hall–Kier alpha value is -2.23. The number of thiophene rings is 1. The molecule has 0 aliphatic heterocycles. The maximum Gasteiger partial charge on any atom is 0.262 e. The third-order valence-electron chi connectivity index (χ3n) is 4.45. The normalized spacial score (nSPS) is 11.0. The third-order valence-corrected chi connectivity index (χ3v) is 6.88. The number of nitrogens with one attached hydrogen (secondary N) is 1. The monoisotopic (exact) mass is 453 g/mol. The van der Waals surface area contributed by atoms with Crippen molar-refractivity contribution < 1.29 is 14.3 Å². The van der Waals surface area contributed by atoms with E-state index in [0.29, 0.717) is 37.6 Å². The van der Waals surface area contributed by atoms with Gasteiger partial charge >= 0.3 is 0 Å². The van der Waals surface area contributed by atoms with Crippen LogP contribution in [0.2, 0.25) is 5.02 Å². The predicted molar refractivity (Wildman–Crippen MR) is 118 cm³/mol. The fourth-order valence-electron chi connectivity index (χ4n) is 2.76. The average Bonchev–Trinajstić information content (AvgIpc) is 2.97. The first-order chi connectivity index (χ1) is 13.8. The molecule has 2 aromatic heterocycles. The molecule has 0 aliphatic carbocycles. The fourth-order valence-corrected chi connectivity index (χ4v) is 4.84. The lowest BCUT2D eigenvalue weighted by atomic mass is 10.2. The van der Waals surface area contributed by atoms with Crippen LogP contribution >= 0.6 is 34.7 Å². The summed E-state index contributed by atoms with van der Waals surface area (Å²) in [4.78, 5) is 31.5. The number of aryl methyl sites for hydroxylation is 2. The van der Waals surface area contributed by atoms with Crippen LogP contribution in [-0.2, 0) is 11.8 Å². The first kappa shape index (κ1) is 21.5. The molecule has 2 heterocycles. The number of benzene rings is 1. The van der Waals surface area contributed by atoms with Gasteiger partial charge in [-0.1, -0.05) is 23.4 Å². The number of hydrogen-bond acceptors (Lipinski definition) is 7. The Morgan fingerprint density at radius 3 is 2.62 bits per heavy atom. The number of ether oxygens (including phenoxy) is 2. The number of aromatic nitrogens is 2. The van der Waals surface area contributed by atoms with Gasteiger partial charge in [-0.3, -0.25) is 14.2 Å². The molecule has 0 radical (unpaired) electrons. The molecule has 0 fully saturated rings. The number of rotatable bonds is 6. The molecule has 0 bridgehead atoms. The van der Waals surface area contributed by atoms with Crippen LogP contribution in [-0.4, -0.2) is 35.4 Å². The zero-order valence-electron chi connectivity index (χ0n) is 16.6. The molecule has 0 atom stereocenters. The Morgan fingerprint density at radius 1 is 1.28 bits per heavy atom. The minimum atomic E-state index is -0.276. The van der Waals surface area contributed by atoms with Crippen LogP contribution in [0.15, 0.2) is 22.1 Å². The van der Waals surface area contributed by atoms with Crippen LogP contribution in [0, 0.1) is 13.8 Å². The van der Waals surface area contributed by atoms with Gasteiger partial charge in [-0.25, -0.2) is 4.98 Å². The SMILES string of the molecule is COc1cc(OC)c(NC(=O)CSc2nc3sc(C)c(C)c3c(=O)n2C)cc1Cl. The van der Waals surface area contributed by atoms with Crippen molar-refractivity contribution in [2.24, 2.45) is 7.05 Å². The summed E-state index contributed by atoms with van der Waals surface area (Å²) >= 11 is 8.81. The maximum atomic E-state index is 12.7. The summed E-state index contributed by atoms with van der Waals surface area (Å²) in [5, 5.41) is 4.25. The highest BCUT2D eigenvalue weighted by molar-refractivity contribution is 7.99. The van der Waals surface area contributed by atoms with Crippen molar-refractivity contribution in [2.45, 2.75) is 19.0 Å². The predicted octanol–water partition coefficient (Wildman–Crippen LogP) is 4.01. The van der Waals surface area contributed by atoms with Crippen molar-refractivity contribution in [3.8, 4) is 11.5 Å². The fraction of sp³-hybridized carbons (Fsp3) is 0.316. The second-order valence-corrected chi connectivity index (χ2v) is 8.80. The topological polar surface area (TPSA) is 82.5 Å². The van der Waals surface area contributed by atoms with Gasteiger partial charge in [0.1, 0.15) is 16.3 Å². The Morgan fingerprint density at radius 2 is 1.97 bits per heavy atom. The molecule has 0 saturated carbocycles. The summed E-state index contributed by atoms with van der Waals surface area (Å²) in [5.41, 5.74) is 1.28. The molecule has 10 heteroatoms. The van der Waals surface area contributed by atoms with E-state index in [4.69, 9.17) is 21.1 Å². The van der Waals surface area contributed by atoms with Crippen LogP contribution in [0.1, 0.15) is 10.4 Å². The van der Waals surface area contributed by atoms with Gasteiger partial charge in [0.25, 0.3) is 5.56 Å². The van der Waals surface area contributed by atoms with E-state index in [1.807, 2.05) is 13.8 Å². The molecule has 1 aromatic carbocycles. The van der Waals surface area contributed by atoms with E-state index in [1.165, 1.54) is 41.9 Å². The van der Waals surface area contributed by atoms with Crippen molar-refractivity contribution in [1.29, 1.82) is 0 Å². The van der Waals surface area contributed by atoms with Crippen molar-refractivity contribution in [3.63, 3.8) is 0 Å². The number of hydrogen-bond donors (Lipinski definition) is 1. The molecule has 3 aromatic rings. The number of nitrogens with zero attached hydrogens (tertiary/aromatic N) is 2. The summed E-state index contributed by atoms with van der Waals surface area (Å²) < 4.78 is 11.9. The molecule has 1 N–H and O–H groups in total. The largest absolute Gasteiger partial charge is 0.495 e.